The number of carbonyl (C=O) groups is 2. The lowest BCUT2D eigenvalue weighted by Crippen LogP contribution is -2.43. The predicted octanol–water partition coefficient (Wildman–Crippen LogP) is 2.92. The smallest absolute Gasteiger partial charge is 0.325 e. The van der Waals surface area contributed by atoms with Crippen LogP contribution < -0.4 is 10.1 Å². The number of carbonyl (C=O) groups excluding carboxylic acids is 2. The van der Waals surface area contributed by atoms with Crippen LogP contribution in [0.2, 0.25) is 0 Å². The fourth-order valence-electron chi connectivity index (χ4n) is 2.96. The third-order valence-electron chi connectivity index (χ3n) is 4.30. The number of ether oxygens (including phenoxy) is 1. The number of hydrogen-bond acceptors (Lipinski definition) is 3. The van der Waals surface area contributed by atoms with Gasteiger partial charge in [-0.1, -0.05) is 55.5 Å². The van der Waals surface area contributed by atoms with Gasteiger partial charge in [0.15, 0.2) is 0 Å². The van der Waals surface area contributed by atoms with E-state index in [4.69, 9.17) is 4.74 Å². The zero-order valence-corrected chi connectivity index (χ0v) is 13.6. The van der Waals surface area contributed by atoms with Crippen molar-refractivity contribution < 1.29 is 14.3 Å². The van der Waals surface area contributed by atoms with Crippen LogP contribution in [0.25, 0.3) is 0 Å². The van der Waals surface area contributed by atoms with Gasteiger partial charge in [0.2, 0.25) is 0 Å². The van der Waals surface area contributed by atoms with E-state index in [0.29, 0.717) is 6.42 Å². The van der Waals surface area contributed by atoms with Crippen molar-refractivity contribution in [1.29, 1.82) is 0 Å². The van der Waals surface area contributed by atoms with Crippen LogP contribution in [0, 0.1) is 0 Å². The van der Waals surface area contributed by atoms with E-state index in [1.807, 2.05) is 67.6 Å². The summed E-state index contributed by atoms with van der Waals surface area (Å²) in [5, 5.41) is 2.86. The second-order valence-corrected chi connectivity index (χ2v) is 5.67. The van der Waals surface area contributed by atoms with E-state index in [1.165, 1.54) is 4.90 Å². The molecule has 1 unspecified atom stereocenters. The van der Waals surface area contributed by atoms with Crippen LogP contribution in [-0.2, 0) is 10.3 Å². The second-order valence-electron chi connectivity index (χ2n) is 5.67. The van der Waals surface area contributed by atoms with Crippen molar-refractivity contribution in [3.63, 3.8) is 0 Å². The molecule has 124 valence electrons. The zero-order chi connectivity index (χ0) is 17.0. The number of para-hydroxylation sites is 1. The maximum atomic E-state index is 12.9. The first-order chi connectivity index (χ1) is 11.7. The van der Waals surface area contributed by atoms with Crippen LogP contribution in [0.4, 0.5) is 4.79 Å². The Morgan fingerprint density at radius 1 is 1.00 bits per heavy atom. The van der Waals surface area contributed by atoms with Gasteiger partial charge in [-0.15, -0.1) is 0 Å². The number of imide groups is 1. The Morgan fingerprint density at radius 2 is 1.62 bits per heavy atom. The van der Waals surface area contributed by atoms with Gasteiger partial charge in [0, 0.05) is 0 Å². The number of urea groups is 1. The molecule has 0 spiro atoms. The van der Waals surface area contributed by atoms with Crippen molar-refractivity contribution in [2.75, 3.05) is 13.2 Å². The number of benzene rings is 2. The van der Waals surface area contributed by atoms with E-state index in [1.54, 1.807) is 0 Å². The summed E-state index contributed by atoms with van der Waals surface area (Å²) in [5.74, 6) is 0.493. The van der Waals surface area contributed by atoms with Crippen molar-refractivity contribution in [1.82, 2.24) is 10.2 Å². The summed E-state index contributed by atoms with van der Waals surface area (Å²) in [7, 11) is 0. The highest BCUT2D eigenvalue weighted by Gasteiger charge is 2.50. The van der Waals surface area contributed by atoms with E-state index >= 15 is 0 Å². The Labute approximate surface area is 141 Å². The first-order valence-electron chi connectivity index (χ1n) is 8.05. The molecule has 3 rings (SSSR count). The summed E-state index contributed by atoms with van der Waals surface area (Å²) in [6.45, 7) is 2.38. The summed E-state index contributed by atoms with van der Waals surface area (Å²) < 4.78 is 5.60. The topological polar surface area (TPSA) is 58.6 Å². The van der Waals surface area contributed by atoms with E-state index in [2.05, 4.69) is 5.32 Å². The Morgan fingerprint density at radius 3 is 2.25 bits per heavy atom. The largest absolute Gasteiger partial charge is 0.492 e. The quantitative estimate of drug-likeness (QED) is 0.831. The molecule has 5 nitrogen and oxygen atoms in total. The molecular weight excluding hydrogens is 304 g/mol. The standard InChI is InChI=1S/C19H20N2O3/c1-2-19(15-9-5-3-6-10-15)17(22)21(18(23)20-19)13-14-24-16-11-7-4-8-12-16/h3-12H,2,13-14H2,1H3,(H,20,23). The minimum Gasteiger partial charge on any atom is -0.492 e. The van der Waals surface area contributed by atoms with Crippen LogP contribution in [0.3, 0.4) is 0 Å². The van der Waals surface area contributed by atoms with Crippen LogP contribution in [0.1, 0.15) is 18.9 Å². The summed E-state index contributed by atoms with van der Waals surface area (Å²) in [4.78, 5) is 26.4. The molecule has 2 aromatic carbocycles. The third kappa shape index (κ3) is 2.85. The Bertz CT molecular complexity index is 718. The van der Waals surface area contributed by atoms with Crippen molar-refractivity contribution in [2.45, 2.75) is 18.9 Å². The lowest BCUT2D eigenvalue weighted by molar-refractivity contribution is -0.132. The van der Waals surface area contributed by atoms with Crippen LogP contribution in [0.15, 0.2) is 60.7 Å². The number of nitrogens with zero attached hydrogens (tertiary/aromatic N) is 1. The van der Waals surface area contributed by atoms with Gasteiger partial charge in [-0.3, -0.25) is 9.69 Å². The van der Waals surface area contributed by atoms with Gasteiger partial charge in [-0.05, 0) is 24.1 Å². The molecule has 5 heteroatoms. The number of hydrogen-bond donors (Lipinski definition) is 1. The highest BCUT2D eigenvalue weighted by molar-refractivity contribution is 6.07. The molecule has 0 bridgehead atoms. The molecule has 1 heterocycles. The van der Waals surface area contributed by atoms with Crippen molar-refractivity contribution >= 4 is 11.9 Å². The van der Waals surface area contributed by atoms with Gasteiger partial charge in [-0.25, -0.2) is 4.79 Å². The molecule has 0 radical (unpaired) electrons. The molecule has 2 aromatic rings. The minimum atomic E-state index is -0.981. The monoisotopic (exact) mass is 324 g/mol. The van der Waals surface area contributed by atoms with Gasteiger partial charge >= 0.3 is 6.03 Å². The van der Waals surface area contributed by atoms with Crippen LogP contribution >= 0.6 is 0 Å². The average Bonchev–Trinajstić information content (AvgIpc) is 2.88. The third-order valence-corrected chi connectivity index (χ3v) is 4.30. The van der Waals surface area contributed by atoms with Gasteiger partial charge in [-0.2, -0.15) is 0 Å². The Hall–Kier alpha value is -2.82. The molecule has 1 saturated heterocycles. The summed E-state index contributed by atoms with van der Waals surface area (Å²) in [5.41, 5.74) is -0.178. The van der Waals surface area contributed by atoms with Crippen LogP contribution in [-0.4, -0.2) is 30.0 Å². The lowest BCUT2D eigenvalue weighted by Gasteiger charge is -2.25. The van der Waals surface area contributed by atoms with Gasteiger partial charge in [0.1, 0.15) is 17.9 Å². The average molecular weight is 324 g/mol. The molecule has 1 N–H and O–H groups in total. The fraction of sp³-hybridized carbons (Fsp3) is 0.263. The molecule has 0 saturated carbocycles. The SMILES string of the molecule is CCC1(c2ccccc2)NC(=O)N(CCOc2ccccc2)C1=O. The normalized spacial score (nSPS) is 20.1. The Kier molecular flexibility index (Phi) is 4.51. The first-order valence-corrected chi connectivity index (χ1v) is 8.05. The summed E-state index contributed by atoms with van der Waals surface area (Å²) in [6, 6.07) is 18.3. The first kappa shape index (κ1) is 16.1. The van der Waals surface area contributed by atoms with E-state index < -0.39 is 5.54 Å². The molecule has 24 heavy (non-hydrogen) atoms. The zero-order valence-electron chi connectivity index (χ0n) is 13.6. The summed E-state index contributed by atoms with van der Waals surface area (Å²) >= 11 is 0. The second kappa shape index (κ2) is 6.74. The molecule has 1 atom stereocenters. The van der Waals surface area contributed by atoms with E-state index in [9.17, 15) is 9.59 Å². The summed E-state index contributed by atoms with van der Waals surface area (Å²) in [6.07, 6.45) is 0.498. The van der Waals surface area contributed by atoms with Crippen molar-refractivity contribution in [2.24, 2.45) is 0 Å². The maximum Gasteiger partial charge on any atom is 0.325 e. The van der Waals surface area contributed by atoms with Gasteiger partial charge < -0.3 is 10.1 Å². The lowest BCUT2D eigenvalue weighted by atomic mass is 9.87. The number of nitrogens with one attached hydrogen (secondary N) is 1. The molecule has 0 aliphatic carbocycles. The molecule has 1 aliphatic heterocycles. The highest BCUT2D eigenvalue weighted by Crippen LogP contribution is 2.32. The van der Waals surface area contributed by atoms with Crippen molar-refractivity contribution in [3.05, 3.63) is 66.2 Å². The van der Waals surface area contributed by atoms with Crippen LogP contribution in [0.5, 0.6) is 5.75 Å². The van der Waals surface area contributed by atoms with E-state index in [0.717, 1.165) is 11.3 Å². The highest BCUT2D eigenvalue weighted by atomic mass is 16.5. The molecule has 1 aliphatic rings. The van der Waals surface area contributed by atoms with Gasteiger partial charge in [0.25, 0.3) is 5.91 Å². The Balaban J connectivity index is 1.71. The molecule has 1 fully saturated rings. The predicted molar refractivity (Wildman–Crippen MR) is 90.6 cm³/mol. The fourth-order valence-corrected chi connectivity index (χ4v) is 2.96. The minimum absolute atomic E-state index is 0.216. The number of amides is 3. The van der Waals surface area contributed by atoms with Gasteiger partial charge in [0.05, 0.1) is 6.54 Å². The molecule has 3 amide bonds. The van der Waals surface area contributed by atoms with E-state index in [-0.39, 0.29) is 25.1 Å². The molecular formula is C19H20N2O3. The molecule has 0 aromatic heterocycles. The van der Waals surface area contributed by atoms with Crippen molar-refractivity contribution in [3.8, 4) is 5.75 Å². The number of rotatable bonds is 6. The maximum absolute atomic E-state index is 12.9.